The van der Waals surface area contributed by atoms with Crippen LogP contribution in [0.1, 0.15) is 25.7 Å². The van der Waals surface area contributed by atoms with Gasteiger partial charge in [0, 0.05) is 5.56 Å². The van der Waals surface area contributed by atoms with Crippen molar-refractivity contribution in [3.8, 4) is 17.2 Å². The van der Waals surface area contributed by atoms with Gasteiger partial charge >= 0.3 is 0 Å². The molecule has 3 rings (SSSR count). The Balaban J connectivity index is 1.68. The van der Waals surface area contributed by atoms with E-state index < -0.39 is 0 Å². The summed E-state index contributed by atoms with van der Waals surface area (Å²) in [6.45, 7) is 4.05. The quantitative estimate of drug-likeness (QED) is 0.636. The van der Waals surface area contributed by atoms with Gasteiger partial charge in [0.05, 0.1) is 18.9 Å². The Labute approximate surface area is 137 Å². The molecule has 0 unspecified atom stereocenters. The molecule has 0 atom stereocenters. The number of hydrogen-bond donors (Lipinski definition) is 0. The Bertz CT molecular complexity index is 768. The van der Waals surface area contributed by atoms with Crippen molar-refractivity contribution in [3.63, 3.8) is 0 Å². The van der Waals surface area contributed by atoms with Crippen molar-refractivity contribution in [3.05, 3.63) is 30.1 Å². The van der Waals surface area contributed by atoms with Gasteiger partial charge in [-0.2, -0.15) is 4.98 Å². The normalized spacial score (nSPS) is 11.1. The molecule has 3 aromatic rings. The van der Waals surface area contributed by atoms with E-state index in [1.165, 1.54) is 11.8 Å². The van der Waals surface area contributed by atoms with E-state index in [1.807, 2.05) is 38.1 Å². The van der Waals surface area contributed by atoms with Gasteiger partial charge in [-0.25, -0.2) is 4.68 Å². The number of methoxy groups -OCH3 is 1. The number of ether oxygens (including phenoxy) is 1. The lowest BCUT2D eigenvalue weighted by molar-refractivity contribution is 0.414. The van der Waals surface area contributed by atoms with Gasteiger partial charge in [0.1, 0.15) is 5.75 Å². The first-order valence-corrected chi connectivity index (χ1v) is 8.03. The van der Waals surface area contributed by atoms with Gasteiger partial charge in [0.25, 0.3) is 5.89 Å². The summed E-state index contributed by atoms with van der Waals surface area (Å²) < 4.78 is 12.2. The van der Waals surface area contributed by atoms with E-state index in [0.29, 0.717) is 17.5 Å². The predicted octanol–water partition coefficient (Wildman–Crippen LogP) is 2.60. The molecule has 2 heterocycles. The van der Waals surface area contributed by atoms with E-state index in [0.717, 1.165) is 16.5 Å². The second-order valence-electron chi connectivity index (χ2n) is 5.03. The number of hydrogen-bond acceptors (Lipinski definition) is 8. The highest BCUT2D eigenvalue weighted by molar-refractivity contribution is 7.98. The Morgan fingerprint density at radius 3 is 2.74 bits per heavy atom. The third kappa shape index (κ3) is 3.50. The Kier molecular flexibility index (Phi) is 4.56. The minimum Gasteiger partial charge on any atom is -0.497 e. The summed E-state index contributed by atoms with van der Waals surface area (Å²) in [5.41, 5.74) is 0.849. The molecule has 0 aliphatic heterocycles. The maximum absolute atomic E-state index is 5.30. The van der Waals surface area contributed by atoms with E-state index in [4.69, 9.17) is 9.26 Å². The summed E-state index contributed by atoms with van der Waals surface area (Å²) in [7, 11) is 1.63. The Hall–Kier alpha value is -2.42. The second-order valence-corrected chi connectivity index (χ2v) is 5.98. The first-order chi connectivity index (χ1) is 11.2. The summed E-state index contributed by atoms with van der Waals surface area (Å²) in [6, 6.07) is 7.66. The van der Waals surface area contributed by atoms with Crippen molar-refractivity contribution in [2.45, 2.75) is 30.8 Å². The minimum atomic E-state index is 0.202. The standard InChI is InChI=1S/C14H16N6O2S/c1-9(2)20-14(16-18-19-20)23-8-12-15-13(22-17-12)10-4-6-11(21-3)7-5-10/h4-7,9H,8H2,1-3H3. The average molecular weight is 332 g/mol. The van der Waals surface area contributed by atoms with Crippen LogP contribution in [0.25, 0.3) is 11.5 Å². The number of aromatic nitrogens is 6. The molecule has 9 heteroatoms. The molecular weight excluding hydrogens is 316 g/mol. The molecule has 0 spiro atoms. The highest BCUT2D eigenvalue weighted by Gasteiger charge is 2.13. The van der Waals surface area contributed by atoms with Crippen molar-refractivity contribution in [1.82, 2.24) is 30.3 Å². The van der Waals surface area contributed by atoms with Crippen molar-refractivity contribution >= 4 is 11.8 Å². The largest absolute Gasteiger partial charge is 0.497 e. The van der Waals surface area contributed by atoms with Crippen molar-refractivity contribution in [1.29, 1.82) is 0 Å². The van der Waals surface area contributed by atoms with Crippen LogP contribution in [0.5, 0.6) is 5.75 Å². The van der Waals surface area contributed by atoms with Crippen LogP contribution in [0.3, 0.4) is 0 Å². The van der Waals surface area contributed by atoms with Crippen LogP contribution in [0, 0.1) is 0 Å². The third-order valence-corrected chi connectivity index (χ3v) is 4.02. The highest BCUT2D eigenvalue weighted by Crippen LogP contribution is 2.24. The lowest BCUT2D eigenvalue weighted by atomic mass is 10.2. The predicted molar refractivity (Wildman–Crippen MR) is 84.0 cm³/mol. The van der Waals surface area contributed by atoms with Gasteiger partial charge in [-0.3, -0.25) is 0 Å². The van der Waals surface area contributed by atoms with Crippen LogP contribution >= 0.6 is 11.8 Å². The number of benzene rings is 1. The molecule has 0 radical (unpaired) electrons. The van der Waals surface area contributed by atoms with Crippen LogP contribution in [-0.2, 0) is 5.75 Å². The second kappa shape index (κ2) is 6.78. The van der Waals surface area contributed by atoms with E-state index in [-0.39, 0.29) is 6.04 Å². The first-order valence-electron chi connectivity index (χ1n) is 7.05. The number of thioether (sulfide) groups is 1. The van der Waals surface area contributed by atoms with Crippen LogP contribution in [0.4, 0.5) is 0 Å². The smallest absolute Gasteiger partial charge is 0.257 e. The van der Waals surface area contributed by atoms with Crippen LogP contribution < -0.4 is 4.74 Å². The van der Waals surface area contributed by atoms with Gasteiger partial charge < -0.3 is 9.26 Å². The first kappa shape index (κ1) is 15.5. The summed E-state index contributed by atoms with van der Waals surface area (Å²) in [5.74, 6) is 2.39. The van der Waals surface area contributed by atoms with Gasteiger partial charge in [-0.05, 0) is 48.5 Å². The molecule has 0 N–H and O–H groups in total. The summed E-state index contributed by atoms with van der Waals surface area (Å²) in [6.07, 6.45) is 0. The molecule has 2 aromatic heterocycles. The van der Waals surface area contributed by atoms with Gasteiger partial charge in [0.2, 0.25) is 5.16 Å². The third-order valence-electron chi connectivity index (χ3n) is 3.09. The van der Waals surface area contributed by atoms with Crippen LogP contribution in [-0.4, -0.2) is 37.5 Å². The molecular formula is C14H16N6O2S. The van der Waals surface area contributed by atoms with Gasteiger partial charge in [-0.1, -0.05) is 16.9 Å². The maximum Gasteiger partial charge on any atom is 0.257 e. The summed E-state index contributed by atoms with van der Waals surface area (Å²) in [4.78, 5) is 4.39. The van der Waals surface area contributed by atoms with Crippen LogP contribution in [0.2, 0.25) is 0 Å². The molecule has 0 aliphatic carbocycles. The summed E-state index contributed by atoms with van der Waals surface area (Å²) in [5, 5.41) is 16.4. The maximum atomic E-state index is 5.30. The molecule has 23 heavy (non-hydrogen) atoms. The molecule has 1 aromatic carbocycles. The zero-order valence-electron chi connectivity index (χ0n) is 13.0. The monoisotopic (exact) mass is 332 g/mol. The van der Waals surface area contributed by atoms with Crippen molar-refractivity contribution < 1.29 is 9.26 Å². The number of tetrazole rings is 1. The number of rotatable bonds is 6. The zero-order valence-corrected chi connectivity index (χ0v) is 13.8. The number of nitrogens with zero attached hydrogens (tertiary/aromatic N) is 6. The highest BCUT2D eigenvalue weighted by atomic mass is 32.2. The topological polar surface area (TPSA) is 91.8 Å². The fourth-order valence-corrected chi connectivity index (χ4v) is 2.75. The van der Waals surface area contributed by atoms with Gasteiger partial charge in [-0.15, -0.1) is 5.10 Å². The molecule has 0 saturated carbocycles. The molecule has 0 aliphatic rings. The SMILES string of the molecule is COc1ccc(-c2nc(CSc3nnnn3C(C)C)no2)cc1. The lowest BCUT2D eigenvalue weighted by Crippen LogP contribution is -2.04. The Morgan fingerprint density at radius 1 is 1.26 bits per heavy atom. The molecule has 0 bridgehead atoms. The Morgan fingerprint density at radius 2 is 2.04 bits per heavy atom. The van der Waals surface area contributed by atoms with Crippen molar-refractivity contribution in [2.75, 3.05) is 7.11 Å². The van der Waals surface area contributed by atoms with Gasteiger partial charge in [0.15, 0.2) is 5.82 Å². The van der Waals surface area contributed by atoms with E-state index in [1.54, 1.807) is 11.8 Å². The molecule has 0 amide bonds. The van der Waals surface area contributed by atoms with Crippen molar-refractivity contribution in [2.24, 2.45) is 0 Å². The van der Waals surface area contributed by atoms with Crippen LogP contribution in [0.15, 0.2) is 33.9 Å². The molecule has 0 fully saturated rings. The lowest BCUT2D eigenvalue weighted by Gasteiger charge is -2.05. The average Bonchev–Trinajstić information content (AvgIpc) is 3.22. The molecule has 0 saturated heterocycles. The van der Waals surface area contributed by atoms with E-state index in [9.17, 15) is 0 Å². The zero-order chi connectivity index (χ0) is 16.2. The molecule has 8 nitrogen and oxygen atoms in total. The van der Waals surface area contributed by atoms with E-state index in [2.05, 4.69) is 25.7 Å². The van der Waals surface area contributed by atoms with E-state index >= 15 is 0 Å². The fourth-order valence-electron chi connectivity index (χ4n) is 1.90. The summed E-state index contributed by atoms with van der Waals surface area (Å²) >= 11 is 1.47. The fraction of sp³-hybridized carbons (Fsp3) is 0.357. The molecule has 120 valence electrons. The minimum absolute atomic E-state index is 0.202.